The second-order valence-corrected chi connectivity index (χ2v) is 27.1. The van der Waals surface area contributed by atoms with Gasteiger partial charge in [0.15, 0.2) is 16.9 Å². The first-order valence-electron chi connectivity index (χ1n) is 33.4. The number of rotatable bonds is 16. The van der Waals surface area contributed by atoms with Gasteiger partial charge in [-0.3, -0.25) is 14.4 Å². The van der Waals surface area contributed by atoms with Crippen molar-refractivity contribution in [2.24, 2.45) is 17.2 Å². The predicted molar refractivity (Wildman–Crippen MR) is 400 cm³/mol. The molecule has 3 amide bonds. The molecule has 2 aromatic carbocycles. The maximum absolute atomic E-state index is 12.1. The van der Waals surface area contributed by atoms with E-state index in [9.17, 15) is 14.4 Å². The zero-order valence-electron chi connectivity index (χ0n) is 59.1. The SMILES string of the molecule is CC(C)n1cc(-c2cc(N(C)Cc3ccccc3)n3ncc(C(N)=O)c3n2)c2cccnc21.CC(C)n1cc(B2OC(C)(C)C(C)(C)O2)c2cccnc21.CN(Cc1ccccc1)c1cc(Cl)nc2c(C(N)=O)cnn12.CNc1cc(-c2cn(C(C)C)c3ncccc23)nc2c(C(N)=O)cnn12. The van der Waals surface area contributed by atoms with E-state index in [-0.39, 0.29) is 52.2 Å². The number of anilines is 3. The number of carbonyl (C=O) groups excluding carboxylic acids is 3. The molecule has 522 valence electrons. The summed E-state index contributed by atoms with van der Waals surface area (Å²) in [6, 6.07) is 38.6. The maximum Gasteiger partial charge on any atom is 0.497 e. The van der Waals surface area contributed by atoms with Gasteiger partial charge in [0.05, 0.1) is 41.2 Å². The lowest BCUT2D eigenvalue weighted by Gasteiger charge is -2.32. The quantitative estimate of drug-likeness (QED) is 0.0516. The van der Waals surface area contributed by atoms with Crippen LogP contribution in [0.25, 0.3) is 72.6 Å². The van der Waals surface area contributed by atoms with Crippen molar-refractivity contribution in [1.29, 1.82) is 0 Å². The summed E-state index contributed by atoms with van der Waals surface area (Å²) in [7, 11) is 5.37. The minimum Gasteiger partial charge on any atom is -0.399 e. The van der Waals surface area contributed by atoms with Crippen LogP contribution in [0.3, 0.4) is 0 Å². The highest BCUT2D eigenvalue weighted by Gasteiger charge is 2.52. The molecular formula is C74H81BClN21O5. The first kappa shape index (κ1) is 70.3. The van der Waals surface area contributed by atoms with Crippen LogP contribution in [0.1, 0.15) is 130 Å². The number of hydrogen-bond acceptors (Lipinski definition) is 17. The largest absolute Gasteiger partial charge is 0.497 e. The number of halogens is 1. The molecule has 102 heavy (non-hydrogen) atoms. The van der Waals surface area contributed by atoms with Gasteiger partial charge in [-0.25, -0.2) is 29.9 Å². The zero-order chi connectivity index (χ0) is 72.6. The molecule has 0 atom stereocenters. The van der Waals surface area contributed by atoms with Crippen molar-refractivity contribution in [2.75, 3.05) is 36.3 Å². The fourth-order valence-corrected chi connectivity index (χ4v) is 12.4. The highest BCUT2D eigenvalue weighted by atomic mass is 35.5. The van der Waals surface area contributed by atoms with Crippen molar-refractivity contribution in [1.82, 2.24) is 72.4 Å². The van der Waals surface area contributed by atoms with E-state index in [1.165, 1.54) is 18.6 Å². The lowest BCUT2D eigenvalue weighted by molar-refractivity contribution is 0.00578. The van der Waals surface area contributed by atoms with Crippen LogP contribution in [-0.4, -0.2) is 130 Å². The maximum atomic E-state index is 12.1. The van der Waals surface area contributed by atoms with Gasteiger partial charge in [-0.1, -0.05) is 78.3 Å². The molecule has 1 fully saturated rings. The summed E-state index contributed by atoms with van der Waals surface area (Å²) in [5.74, 6) is 0.552. The number of primary amides is 3. The van der Waals surface area contributed by atoms with E-state index in [2.05, 4.69) is 164 Å². The van der Waals surface area contributed by atoms with Gasteiger partial charge >= 0.3 is 7.12 Å². The van der Waals surface area contributed by atoms with Crippen LogP contribution in [0.2, 0.25) is 5.15 Å². The number of aromatic nitrogens is 15. The number of nitrogens with one attached hydrogen (secondary N) is 1. The fourth-order valence-electron chi connectivity index (χ4n) is 12.2. The van der Waals surface area contributed by atoms with Crippen LogP contribution >= 0.6 is 11.6 Å². The van der Waals surface area contributed by atoms with Crippen molar-refractivity contribution in [2.45, 2.75) is 112 Å². The Kier molecular flexibility index (Phi) is 19.7. The van der Waals surface area contributed by atoms with E-state index in [0.717, 1.165) is 83.8 Å². The van der Waals surface area contributed by atoms with Gasteiger partial charge in [-0.15, -0.1) is 0 Å². The third-order valence-electron chi connectivity index (χ3n) is 18.2. The third-order valence-corrected chi connectivity index (χ3v) is 18.4. The molecule has 13 heterocycles. The van der Waals surface area contributed by atoms with Crippen LogP contribution in [0, 0.1) is 0 Å². The summed E-state index contributed by atoms with van der Waals surface area (Å²) in [6.07, 6.45) is 16.0. The molecule has 14 aromatic rings. The highest BCUT2D eigenvalue weighted by molar-refractivity contribution is 6.65. The first-order chi connectivity index (χ1) is 48.7. The Balaban J connectivity index is 0.000000131. The molecule has 0 radical (unpaired) electrons. The Bertz CT molecular complexity index is 5410. The van der Waals surface area contributed by atoms with Gasteiger partial charge in [0.2, 0.25) is 0 Å². The third kappa shape index (κ3) is 13.8. The number of fused-ring (bicyclic) bond motifs is 6. The van der Waals surface area contributed by atoms with Gasteiger partial charge in [0, 0.05) is 140 Å². The van der Waals surface area contributed by atoms with Gasteiger partial charge in [0.25, 0.3) is 17.7 Å². The molecule has 0 unspecified atom stereocenters. The number of amides is 3. The van der Waals surface area contributed by atoms with Crippen molar-refractivity contribution in [3.05, 3.63) is 204 Å². The van der Waals surface area contributed by atoms with E-state index in [4.69, 9.17) is 43.1 Å². The van der Waals surface area contributed by atoms with Crippen molar-refractivity contribution in [3.63, 3.8) is 0 Å². The lowest BCUT2D eigenvalue weighted by Crippen LogP contribution is -2.41. The summed E-state index contributed by atoms with van der Waals surface area (Å²) in [4.78, 5) is 66.6. The van der Waals surface area contributed by atoms with Crippen LogP contribution < -0.4 is 37.8 Å². The Morgan fingerprint density at radius 1 is 0.510 bits per heavy atom. The number of hydrogen-bond donors (Lipinski definition) is 4. The van der Waals surface area contributed by atoms with E-state index in [1.807, 2.05) is 122 Å². The van der Waals surface area contributed by atoms with Crippen LogP contribution in [0.4, 0.5) is 17.5 Å². The summed E-state index contributed by atoms with van der Waals surface area (Å²) in [5.41, 5.74) is 27.3. The topological polar surface area (TPSA) is 310 Å². The van der Waals surface area contributed by atoms with Gasteiger partial charge < -0.3 is 55.3 Å². The van der Waals surface area contributed by atoms with E-state index >= 15 is 0 Å². The van der Waals surface area contributed by atoms with Crippen LogP contribution in [0.15, 0.2) is 171 Å². The number of nitrogens with two attached hydrogens (primary N) is 3. The average Bonchev–Trinajstić information content (AvgIpc) is 1.60. The first-order valence-corrected chi connectivity index (χ1v) is 33.7. The van der Waals surface area contributed by atoms with Gasteiger partial charge in [0.1, 0.15) is 56.2 Å². The number of carbonyl (C=O) groups is 3. The molecule has 15 rings (SSSR count). The Morgan fingerprint density at radius 2 is 0.892 bits per heavy atom. The monoisotopic (exact) mass is 1390 g/mol. The number of pyridine rings is 3. The molecule has 7 N–H and O–H groups in total. The van der Waals surface area contributed by atoms with Crippen LogP contribution in [-0.2, 0) is 22.4 Å². The standard InChI is InChI=1S/C25H25N7O.C18H19N7O.C16H23BN2O2.C15H14ClN5O/c1-16(2)31-15-20(18-10-7-11-27-24(18)31)21-12-22(30(3)14-17-8-5-4-6-9-17)32-25(29-21)19(13-28-32)23(26)33;1-10(2)24-9-13(11-5-4-6-21-17(11)24)14-7-15(20-3)25-18(23-14)12(8-22-25)16(19)26;1-11(2)19-10-13(12-8-7-9-18-14(12)19)17-20-15(3,4)16(5,6)21-17;1-20(9-10-5-3-2-4-6-10)13-7-12(16)19-15-11(14(17)22)8-18-21(13)15/h4-13,15-16H,14H2,1-3H3,(H2,26,33);4-10,20H,1-3H3,(H2,19,26);7-11H,1-6H3;2-8H,9H2,1H3,(H2,17,22). The summed E-state index contributed by atoms with van der Waals surface area (Å²) in [5, 5.41) is 19.3. The summed E-state index contributed by atoms with van der Waals surface area (Å²) >= 11 is 6.07. The Labute approximate surface area is 594 Å². The average molecular weight is 1390 g/mol. The Morgan fingerprint density at radius 3 is 1.32 bits per heavy atom. The summed E-state index contributed by atoms with van der Waals surface area (Å²) < 4.78 is 23.6. The second kappa shape index (κ2) is 28.6. The lowest BCUT2D eigenvalue weighted by atomic mass is 9.79. The van der Waals surface area contributed by atoms with Crippen molar-refractivity contribution >= 4 is 109 Å². The molecule has 28 heteroatoms. The molecule has 1 aliphatic rings. The van der Waals surface area contributed by atoms with E-state index < -0.39 is 17.7 Å². The zero-order valence-corrected chi connectivity index (χ0v) is 59.9. The molecule has 12 aromatic heterocycles. The molecule has 0 spiro atoms. The van der Waals surface area contributed by atoms with E-state index in [0.29, 0.717) is 41.9 Å². The van der Waals surface area contributed by atoms with Gasteiger partial charge in [-0.05, 0) is 111 Å². The predicted octanol–water partition coefficient (Wildman–Crippen LogP) is 11.6. The fraction of sp³-hybridized carbons (Fsp3) is 0.270. The van der Waals surface area contributed by atoms with Crippen molar-refractivity contribution < 1.29 is 23.7 Å². The van der Waals surface area contributed by atoms with Crippen molar-refractivity contribution in [3.8, 4) is 22.5 Å². The smallest absolute Gasteiger partial charge is 0.399 e. The summed E-state index contributed by atoms with van der Waals surface area (Å²) in [6.45, 7) is 22.4. The highest BCUT2D eigenvalue weighted by Crippen LogP contribution is 2.39. The van der Waals surface area contributed by atoms with Crippen LogP contribution in [0.5, 0.6) is 0 Å². The number of benzene rings is 2. The molecular weight excluding hydrogens is 1310 g/mol. The minimum atomic E-state index is -0.582. The minimum absolute atomic E-state index is 0.233. The number of nitrogens with zero attached hydrogens (tertiary/aromatic N) is 17. The molecule has 1 saturated heterocycles. The molecule has 0 bridgehead atoms. The molecule has 26 nitrogen and oxygen atoms in total. The van der Waals surface area contributed by atoms with Gasteiger partial charge in [-0.2, -0.15) is 28.8 Å². The molecule has 1 aliphatic heterocycles. The normalized spacial score (nSPS) is 13.2. The van der Waals surface area contributed by atoms with E-state index in [1.54, 1.807) is 39.1 Å². The molecule has 0 saturated carbocycles. The Hall–Kier alpha value is -11.5. The second-order valence-electron chi connectivity index (χ2n) is 26.8. The molecule has 0 aliphatic carbocycles.